The second-order valence-electron chi connectivity index (χ2n) is 4.18. The average molecular weight is 284 g/mol. The molecular weight excluding hydrogens is 268 g/mol. The smallest absolute Gasteiger partial charge is 0.250 e. The molecule has 0 spiro atoms. The molecule has 0 atom stereocenters. The number of nitrogens with one attached hydrogen (secondary N) is 2. The minimum Gasteiger partial charge on any atom is -0.362 e. The van der Waals surface area contributed by atoms with Gasteiger partial charge in [-0.1, -0.05) is 6.07 Å². The van der Waals surface area contributed by atoms with E-state index < -0.39 is 10.0 Å². The number of aromatic nitrogens is 1. The highest BCUT2D eigenvalue weighted by atomic mass is 32.2. The lowest BCUT2D eigenvalue weighted by atomic mass is 10.2. The summed E-state index contributed by atoms with van der Waals surface area (Å²) >= 11 is 1.23. The van der Waals surface area contributed by atoms with Crippen molar-refractivity contribution in [2.24, 2.45) is 0 Å². The van der Waals surface area contributed by atoms with Gasteiger partial charge in [0.2, 0.25) is 10.0 Å². The van der Waals surface area contributed by atoms with Crippen molar-refractivity contribution in [1.82, 2.24) is 9.71 Å². The van der Waals surface area contributed by atoms with E-state index in [4.69, 9.17) is 0 Å². The summed E-state index contributed by atoms with van der Waals surface area (Å²) in [6.07, 6.45) is 0.695. The Kier molecular flexibility index (Phi) is 3.89. The number of sulfonamides is 1. The quantitative estimate of drug-likeness (QED) is 0.884. The Morgan fingerprint density at radius 1 is 1.39 bits per heavy atom. The first-order valence-corrected chi connectivity index (χ1v) is 8.03. The molecule has 98 valence electrons. The van der Waals surface area contributed by atoms with Gasteiger partial charge in [-0.2, -0.15) is 0 Å². The van der Waals surface area contributed by atoms with Crippen molar-refractivity contribution in [3.8, 4) is 0 Å². The van der Waals surface area contributed by atoms with Crippen LogP contribution in [-0.2, 0) is 16.4 Å². The first-order valence-electron chi connectivity index (χ1n) is 5.67. The molecule has 0 saturated carbocycles. The van der Waals surface area contributed by atoms with Crippen LogP contribution in [-0.4, -0.2) is 19.9 Å². The lowest BCUT2D eigenvalue weighted by Gasteiger charge is -2.04. The van der Waals surface area contributed by atoms with E-state index in [1.165, 1.54) is 11.3 Å². The molecule has 0 aliphatic heterocycles. The van der Waals surface area contributed by atoms with Gasteiger partial charge >= 0.3 is 0 Å². The van der Waals surface area contributed by atoms with Crippen molar-refractivity contribution in [1.29, 1.82) is 0 Å². The molecule has 0 radical (unpaired) electrons. The molecule has 4 nitrogen and oxygen atoms in total. The van der Waals surface area contributed by atoms with Crippen molar-refractivity contribution >= 4 is 21.4 Å². The third-order valence-corrected chi connectivity index (χ3v) is 5.56. The van der Waals surface area contributed by atoms with E-state index in [2.05, 4.69) is 15.8 Å². The molecule has 0 saturated heterocycles. The zero-order chi connectivity index (χ0) is 13.2. The monoisotopic (exact) mass is 284 g/mol. The zero-order valence-electron chi connectivity index (χ0n) is 10.4. The maximum Gasteiger partial charge on any atom is 0.250 e. The fourth-order valence-corrected chi connectivity index (χ4v) is 3.92. The number of hydrogen-bond acceptors (Lipinski definition) is 3. The third-order valence-electron chi connectivity index (χ3n) is 2.70. The first kappa shape index (κ1) is 13.3. The lowest BCUT2D eigenvalue weighted by Crippen LogP contribution is -2.25. The molecule has 2 N–H and O–H groups in total. The summed E-state index contributed by atoms with van der Waals surface area (Å²) in [4.78, 5) is 3.21. The van der Waals surface area contributed by atoms with Gasteiger partial charge in [0.25, 0.3) is 0 Å². The highest BCUT2D eigenvalue weighted by Crippen LogP contribution is 2.15. The highest BCUT2D eigenvalue weighted by molar-refractivity contribution is 7.91. The predicted molar refractivity (Wildman–Crippen MR) is 73.5 cm³/mol. The van der Waals surface area contributed by atoms with E-state index in [1.807, 2.05) is 13.8 Å². The zero-order valence-corrected chi connectivity index (χ0v) is 12.0. The van der Waals surface area contributed by atoms with E-state index in [9.17, 15) is 8.42 Å². The standard InChI is InChI=1S/C12H16N2O2S2/c1-9-8-11(10(2)14-9)5-6-13-18(15,16)12-4-3-7-17-12/h3-4,7-8,13-14H,5-6H2,1-2H3. The summed E-state index contributed by atoms with van der Waals surface area (Å²) in [6, 6.07) is 5.40. The Morgan fingerprint density at radius 3 is 2.72 bits per heavy atom. The third kappa shape index (κ3) is 3.01. The summed E-state index contributed by atoms with van der Waals surface area (Å²) < 4.78 is 26.7. The first-order chi connectivity index (χ1) is 8.49. The number of hydrogen-bond donors (Lipinski definition) is 2. The molecule has 0 aromatic carbocycles. The van der Waals surface area contributed by atoms with E-state index in [1.54, 1.807) is 17.5 Å². The second kappa shape index (κ2) is 5.26. The van der Waals surface area contributed by atoms with Crippen LogP contribution in [0.5, 0.6) is 0 Å². The van der Waals surface area contributed by atoms with Gasteiger partial charge in [-0.15, -0.1) is 11.3 Å². The summed E-state index contributed by atoms with van der Waals surface area (Å²) in [5.41, 5.74) is 3.35. The van der Waals surface area contributed by atoms with Gasteiger partial charge in [0.15, 0.2) is 0 Å². The van der Waals surface area contributed by atoms with E-state index in [-0.39, 0.29) is 0 Å². The summed E-state index contributed by atoms with van der Waals surface area (Å²) in [7, 11) is -3.33. The van der Waals surface area contributed by atoms with Gasteiger partial charge in [0, 0.05) is 17.9 Å². The van der Waals surface area contributed by atoms with Crippen molar-refractivity contribution < 1.29 is 8.42 Å². The van der Waals surface area contributed by atoms with Crippen LogP contribution in [0.15, 0.2) is 27.8 Å². The van der Waals surface area contributed by atoms with Gasteiger partial charge in [-0.3, -0.25) is 0 Å². The Labute approximate surface area is 111 Å². The van der Waals surface area contributed by atoms with E-state index in [0.717, 1.165) is 17.0 Å². The highest BCUT2D eigenvalue weighted by Gasteiger charge is 2.14. The summed E-state index contributed by atoms with van der Waals surface area (Å²) in [6.45, 7) is 4.40. The molecule has 2 heterocycles. The number of thiophene rings is 1. The van der Waals surface area contributed by atoms with Gasteiger partial charge in [0.1, 0.15) is 4.21 Å². The fraction of sp³-hybridized carbons (Fsp3) is 0.333. The minimum absolute atomic E-state index is 0.365. The van der Waals surface area contributed by atoms with Crippen LogP contribution in [0.25, 0.3) is 0 Å². The Balaban J connectivity index is 1.95. The molecule has 0 fully saturated rings. The largest absolute Gasteiger partial charge is 0.362 e. The van der Waals surface area contributed by atoms with Crippen LogP contribution < -0.4 is 4.72 Å². The van der Waals surface area contributed by atoms with Gasteiger partial charge < -0.3 is 4.98 Å². The molecule has 2 rings (SSSR count). The maximum atomic E-state index is 11.9. The number of aromatic amines is 1. The summed E-state index contributed by atoms with van der Waals surface area (Å²) in [5, 5.41) is 1.76. The van der Waals surface area contributed by atoms with E-state index in [0.29, 0.717) is 17.2 Å². The number of H-pyrrole nitrogens is 1. The average Bonchev–Trinajstić information content (AvgIpc) is 2.89. The van der Waals surface area contributed by atoms with Gasteiger partial charge in [-0.05, 0) is 43.3 Å². The molecule has 0 unspecified atom stereocenters. The molecule has 2 aromatic rings. The number of aryl methyl sites for hydroxylation is 2. The molecule has 0 aliphatic rings. The molecule has 2 aromatic heterocycles. The van der Waals surface area contributed by atoms with Crippen LogP contribution in [0.3, 0.4) is 0 Å². The normalized spacial score (nSPS) is 11.9. The molecule has 0 bridgehead atoms. The molecule has 6 heteroatoms. The molecular formula is C12H16N2O2S2. The molecule has 18 heavy (non-hydrogen) atoms. The van der Waals surface area contributed by atoms with Crippen molar-refractivity contribution in [3.63, 3.8) is 0 Å². The molecule has 0 aliphatic carbocycles. The second-order valence-corrected chi connectivity index (χ2v) is 7.12. The van der Waals surface area contributed by atoms with E-state index >= 15 is 0 Å². The summed E-state index contributed by atoms with van der Waals surface area (Å²) in [5.74, 6) is 0. The number of rotatable bonds is 5. The predicted octanol–water partition coefficient (Wildman–Crippen LogP) is 2.21. The topological polar surface area (TPSA) is 62.0 Å². The van der Waals surface area contributed by atoms with Crippen molar-refractivity contribution in [2.45, 2.75) is 24.5 Å². The van der Waals surface area contributed by atoms with Crippen LogP contribution in [0, 0.1) is 13.8 Å². The Bertz CT molecular complexity index is 613. The van der Waals surface area contributed by atoms with Crippen molar-refractivity contribution in [2.75, 3.05) is 6.54 Å². The molecule has 0 amide bonds. The minimum atomic E-state index is -3.33. The Hall–Kier alpha value is -1.11. The van der Waals surface area contributed by atoms with Crippen LogP contribution in [0.4, 0.5) is 0 Å². The van der Waals surface area contributed by atoms with Gasteiger partial charge in [-0.25, -0.2) is 13.1 Å². The lowest BCUT2D eigenvalue weighted by molar-refractivity contribution is 0.583. The van der Waals surface area contributed by atoms with Crippen LogP contribution >= 0.6 is 11.3 Å². The fourth-order valence-electron chi connectivity index (χ4n) is 1.85. The Morgan fingerprint density at radius 2 is 2.17 bits per heavy atom. The van der Waals surface area contributed by atoms with Crippen molar-refractivity contribution in [3.05, 3.63) is 40.5 Å². The van der Waals surface area contributed by atoms with Gasteiger partial charge in [0.05, 0.1) is 0 Å². The van der Waals surface area contributed by atoms with Crippen LogP contribution in [0.2, 0.25) is 0 Å². The SMILES string of the molecule is Cc1cc(CCNS(=O)(=O)c2cccs2)c(C)[nH]1. The maximum absolute atomic E-state index is 11.9. The van der Waals surface area contributed by atoms with Crippen LogP contribution in [0.1, 0.15) is 17.0 Å².